The molecule has 2 rings (SSSR count). The van der Waals surface area contributed by atoms with Gasteiger partial charge in [0.15, 0.2) is 5.78 Å². The van der Waals surface area contributed by atoms with Gasteiger partial charge >= 0.3 is 0 Å². The molecule has 2 aromatic carbocycles. The van der Waals surface area contributed by atoms with E-state index in [9.17, 15) is 14.9 Å². The molecule has 0 unspecified atom stereocenters. The largest absolute Gasteiger partial charge is 0.294 e. The van der Waals surface area contributed by atoms with Crippen LogP contribution in [-0.4, -0.2) is 17.3 Å². The summed E-state index contributed by atoms with van der Waals surface area (Å²) in [5.74, 6) is -0.589. The van der Waals surface area contributed by atoms with Gasteiger partial charge in [0, 0.05) is 21.9 Å². The summed E-state index contributed by atoms with van der Waals surface area (Å²) < 4.78 is 0. The number of rotatable bonds is 6. The van der Waals surface area contributed by atoms with Crippen LogP contribution in [0.1, 0.15) is 28.3 Å². The molecule has 21 heavy (non-hydrogen) atoms. The maximum Gasteiger partial charge on any atom is 0.211 e. The number of halogens is 1. The van der Waals surface area contributed by atoms with Gasteiger partial charge in [0.1, 0.15) is 0 Å². The number of benzene rings is 2. The Labute approximate surface area is 127 Å². The van der Waals surface area contributed by atoms with E-state index in [0.717, 1.165) is 0 Å². The van der Waals surface area contributed by atoms with E-state index in [1.807, 2.05) is 6.07 Å². The number of carbonyl (C=O) groups is 1. The average Bonchev–Trinajstić information content (AvgIpc) is 2.47. The van der Waals surface area contributed by atoms with E-state index in [1.165, 1.54) is 0 Å². The van der Waals surface area contributed by atoms with Crippen molar-refractivity contribution in [3.05, 3.63) is 80.9 Å². The molecule has 0 amide bonds. The molecule has 0 saturated heterocycles. The Balaban J connectivity index is 2.21. The van der Waals surface area contributed by atoms with E-state index in [2.05, 4.69) is 0 Å². The highest BCUT2D eigenvalue weighted by Gasteiger charge is 2.22. The Bertz CT molecular complexity index is 643. The van der Waals surface area contributed by atoms with Gasteiger partial charge in [-0.25, -0.2) is 0 Å². The number of hydrogen-bond donors (Lipinski definition) is 0. The number of nitrogens with zero attached hydrogens (tertiary/aromatic N) is 1. The van der Waals surface area contributed by atoms with Crippen molar-refractivity contribution in [2.75, 3.05) is 6.54 Å². The first kappa shape index (κ1) is 15.2. The van der Waals surface area contributed by atoms with Crippen LogP contribution in [0.2, 0.25) is 5.02 Å². The predicted molar refractivity (Wildman–Crippen MR) is 81.4 cm³/mol. The van der Waals surface area contributed by atoms with Crippen LogP contribution >= 0.6 is 11.6 Å². The molecular weight excluding hydrogens is 290 g/mol. The third-order valence-corrected chi connectivity index (χ3v) is 3.45. The zero-order valence-electron chi connectivity index (χ0n) is 11.2. The van der Waals surface area contributed by atoms with Crippen LogP contribution in [0.25, 0.3) is 0 Å². The van der Waals surface area contributed by atoms with Gasteiger partial charge in [0.2, 0.25) is 6.54 Å². The lowest BCUT2D eigenvalue weighted by molar-refractivity contribution is -0.483. The average molecular weight is 304 g/mol. The zero-order valence-corrected chi connectivity index (χ0v) is 12.0. The van der Waals surface area contributed by atoms with Crippen LogP contribution < -0.4 is 0 Å². The second-order valence-electron chi connectivity index (χ2n) is 4.76. The molecule has 2 aromatic rings. The summed E-state index contributed by atoms with van der Waals surface area (Å²) >= 11 is 5.92. The van der Waals surface area contributed by atoms with E-state index >= 15 is 0 Å². The zero-order chi connectivity index (χ0) is 15.2. The molecule has 0 bridgehead atoms. The molecule has 0 heterocycles. The molecule has 0 radical (unpaired) electrons. The first-order chi connectivity index (χ1) is 10.1. The minimum absolute atomic E-state index is 0.0886. The molecule has 1 atom stereocenters. The van der Waals surface area contributed by atoms with E-state index < -0.39 is 10.8 Å². The lowest BCUT2D eigenvalue weighted by Gasteiger charge is -2.13. The summed E-state index contributed by atoms with van der Waals surface area (Å²) in [7, 11) is 0. The van der Waals surface area contributed by atoms with Crippen molar-refractivity contribution in [1.82, 2.24) is 0 Å². The molecule has 108 valence electrons. The first-order valence-electron chi connectivity index (χ1n) is 6.52. The molecule has 5 heteroatoms. The van der Waals surface area contributed by atoms with E-state index in [-0.39, 0.29) is 18.7 Å². The fourth-order valence-electron chi connectivity index (χ4n) is 2.19. The molecular formula is C16H14ClNO3. The molecule has 0 saturated carbocycles. The third kappa shape index (κ3) is 4.39. The van der Waals surface area contributed by atoms with Gasteiger partial charge in [0.25, 0.3) is 0 Å². The molecule has 0 spiro atoms. The third-order valence-electron chi connectivity index (χ3n) is 3.22. The Morgan fingerprint density at radius 1 is 1.14 bits per heavy atom. The van der Waals surface area contributed by atoms with Gasteiger partial charge in [0.05, 0.1) is 5.92 Å². The number of carbonyl (C=O) groups excluding carboxylic acids is 1. The molecule has 0 aliphatic carbocycles. The monoisotopic (exact) mass is 303 g/mol. The van der Waals surface area contributed by atoms with E-state index in [1.54, 1.807) is 48.5 Å². The van der Waals surface area contributed by atoms with Gasteiger partial charge in [-0.2, -0.15) is 0 Å². The highest BCUT2D eigenvalue weighted by Crippen LogP contribution is 2.24. The maximum atomic E-state index is 12.2. The van der Waals surface area contributed by atoms with Gasteiger partial charge in [-0.3, -0.25) is 14.9 Å². The van der Waals surface area contributed by atoms with Crippen molar-refractivity contribution in [1.29, 1.82) is 0 Å². The molecule has 0 aliphatic heterocycles. The summed E-state index contributed by atoms with van der Waals surface area (Å²) in [6, 6.07) is 15.7. The fourth-order valence-corrected chi connectivity index (χ4v) is 2.39. The van der Waals surface area contributed by atoms with E-state index in [4.69, 9.17) is 11.6 Å². The second kappa shape index (κ2) is 6.99. The van der Waals surface area contributed by atoms with Crippen molar-refractivity contribution in [2.24, 2.45) is 0 Å². The van der Waals surface area contributed by atoms with Crippen molar-refractivity contribution >= 4 is 17.4 Å². The quantitative estimate of drug-likeness (QED) is 0.461. The summed E-state index contributed by atoms with van der Waals surface area (Å²) in [5, 5.41) is 11.4. The van der Waals surface area contributed by atoms with Crippen molar-refractivity contribution in [3.8, 4) is 0 Å². The maximum absolute atomic E-state index is 12.2. The van der Waals surface area contributed by atoms with Gasteiger partial charge in [-0.05, 0) is 17.7 Å². The Morgan fingerprint density at radius 2 is 1.86 bits per heavy atom. The molecule has 0 N–H and O–H groups in total. The number of ketones is 1. The van der Waals surface area contributed by atoms with Crippen LogP contribution in [0, 0.1) is 10.1 Å². The van der Waals surface area contributed by atoms with Crippen molar-refractivity contribution in [3.63, 3.8) is 0 Å². The van der Waals surface area contributed by atoms with Crippen LogP contribution in [0.15, 0.2) is 54.6 Å². The highest BCUT2D eigenvalue weighted by atomic mass is 35.5. The number of hydrogen-bond acceptors (Lipinski definition) is 3. The van der Waals surface area contributed by atoms with E-state index in [0.29, 0.717) is 16.1 Å². The Kier molecular flexibility index (Phi) is 5.06. The van der Waals surface area contributed by atoms with Crippen molar-refractivity contribution < 1.29 is 9.72 Å². The van der Waals surface area contributed by atoms with Crippen LogP contribution in [0.3, 0.4) is 0 Å². The Morgan fingerprint density at radius 3 is 2.48 bits per heavy atom. The minimum Gasteiger partial charge on any atom is -0.294 e. The SMILES string of the molecule is O=C(C[C@@H](C[N+](=O)[O-])c1cccc(Cl)c1)c1ccccc1. The smallest absolute Gasteiger partial charge is 0.211 e. The van der Waals surface area contributed by atoms with Gasteiger partial charge in [-0.15, -0.1) is 0 Å². The lowest BCUT2D eigenvalue weighted by atomic mass is 9.91. The Hall–Kier alpha value is -2.20. The van der Waals surface area contributed by atoms with Gasteiger partial charge in [-0.1, -0.05) is 54.1 Å². The normalized spacial score (nSPS) is 11.9. The molecule has 0 aliphatic rings. The van der Waals surface area contributed by atoms with Crippen LogP contribution in [-0.2, 0) is 0 Å². The summed E-state index contributed by atoms with van der Waals surface area (Å²) in [6.45, 7) is -0.293. The summed E-state index contributed by atoms with van der Waals surface area (Å²) in [5.41, 5.74) is 1.27. The minimum atomic E-state index is -0.480. The molecule has 0 fully saturated rings. The highest BCUT2D eigenvalue weighted by molar-refractivity contribution is 6.30. The number of nitro groups is 1. The number of Topliss-reactive ketones (excluding diaryl/α,β-unsaturated/α-hetero) is 1. The van der Waals surface area contributed by atoms with Crippen LogP contribution in [0.5, 0.6) is 0 Å². The van der Waals surface area contributed by atoms with Crippen molar-refractivity contribution in [2.45, 2.75) is 12.3 Å². The first-order valence-corrected chi connectivity index (χ1v) is 6.89. The fraction of sp³-hybridized carbons (Fsp3) is 0.188. The standard InChI is InChI=1S/C16H14ClNO3/c17-15-8-4-7-13(9-15)14(11-18(20)21)10-16(19)12-5-2-1-3-6-12/h1-9,14H,10-11H2/t14-/m0/s1. The van der Waals surface area contributed by atoms with Gasteiger partial charge < -0.3 is 0 Å². The topological polar surface area (TPSA) is 60.2 Å². The molecule has 0 aromatic heterocycles. The summed E-state index contributed by atoms with van der Waals surface area (Å²) in [4.78, 5) is 22.7. The van der Waals surface area contributed by atoms with Crippen LogP contribution in [0.4, 0.5) is 0 Å². The second-order valence-corrected chi connectivity index (χ2v) is 5.20. The summed E-state index contributed by atoms with van der Waals surface area (Å²) in [6.07, 6.45) is 0.0886. The molecule has 4 nitrogen and oxygen atoms in total. The lowest BCUT2D eigenvalue weighted by Crippen LogP contribution is -2.16. The predicted octanol–water partition coefficient (Wildman–Crippen LogP) is 3.97.